The standard InChI is InChI=1S/C27H28N2/c1-16-10-11-24-22(12-16)21-13-19(4)20(5)14-23(21)26-27(28(6)15-29(24)26)25-17(2)8-7-9-18(25)3/h7-14H,15H2,1-6H3. The molecule has 0 aliphatic carbocycles. The molecule has 3 aromatic rings. The van der Waals surface area contributed by atoms with Crippen LogP contribution in [0.2, 0.25) is 0 Å². The van der Waals surface area contributed by atoms with E-state index >= 15 is 0 Å². The van der Waals surface area contributed by atoms with Crippen LogP contribution in [0.1, 0.15) is 38.9 Å². The van der Waals surface area contributed by atoms with Crippen molar-refractivity contribution in [2.75, 3.05) is 18.6 Å². The van der Waals surface area contributed by atoms with E-state index in [0.29, 0.717) is 0 Å². The van der Waals surface area contributed by atoms with Crippen molar-refractivity contribution in [3.8, 4) is 11.1 Å². The highest BCUT2D eigenvalue weighted by Crippen LogP contribution is 2.51. The molecular weight excluding hydrogens is 352 g/mol. The summed E-state index contributed by atoms with van der Waals surface area (Å²) in [6.07, 6.45) is 0. The van der Waals surface area contributed by atoms with Crippen molar-refractivity contribution in [2.45, 2.75) is 34.6 Å². The van der Waals surface area contributed by atoms with Crippen molar-refractivity contribution in [1.29, 1.82) is 0 Å². The predicted molar refractivity (Wildman–Crippen MR) is 124 cm³/mol. The third-order valence-corrected chi connectivity index (χ3v) is 6.57. The molecule has 0 amide bonds. The largest absolute Gasteiger partial charge is 0.354 e. The molecule has 2 heterocycles. The highest BCUT2D eigenvalue weighted by atomic mass is 15.4. The molecule has 0 atom stereocenters. The molecule has 29 heavy (non-hydrogen) atoms. The molecule has 2 aliphatic heterocycles. The van der Waals surface area contributed by atoms with Crippen LogP contribution in [0.5, 0.6) is 0 Å². The van der Waals surface area contributed by atoms with Crippen LogP contribution in [-0.4, -0.2) is 18.6 Å². The number of hydrogen-bond donors (Lipinski definition) is 0. The first-order valence-electron chi connectivity index (χ1n) is 10.4. The molecular formula is C27H28N2. The predicted octanol–water partition coefficient (Wildman–Crippen LogP) is 6.44. The van der Waals surface area contributed by atoms with Crippen molar-refractivity contribution < 1.29 is 0 Å². The summed E-state index contributed by atoms with van der Waals surface area (Å²) in [5.74, 6) is 0. The zero-order valence-corrected chi connectivity index (χ0v) is 18.2. The van der Waals surface area contributed by atoms with Crippen LogP contribution >= 0.6 is 0 Å². The number of benzene rings is 3. The highest BCUT2D eigenvalue weighted by molar-refractivity contribution is 6.09. The average molecular weight is 381 g/mol. The summed E-state index contributed by atoms with van der Waals surface area (Å²) >= 11 is 0. The quantitative estimate of drug-likeness (QED) is 0.479. The van der Waals surface area contributed by atoms with Gasteiger partial charge in [0, 0.05) is 23.7 Å². The maximum atomic E-state index is 2.51. The van der Waals surface area contributed by atoms with Gasteiger partial charge in [-0.05, 0) is 80.6 Å². The maximum Gasteiger partial charge on any atom is 0.0950 e. The number of hydrogen-bond acceptors (Lipinski definition) is 2. The van der Waals surface area contributed by atoms with Crippen molar-refractivity contribution in [3.63, 3.8) is 0 Å². The lowest BCUT2D eigenvalue weighted by Gasteiger charge is -2.32. The van der Waals surface area contributed by atoms with Gasteiger partial charge >= 0.3 is 0 Å². The molecule has 0 fully saturated rings. The summed E-state index contributed by atoms with van der Waals surface area (Å²) in [6.45, 7) is 12.0. The van der Waals surface area contributed by atoms with Crippen molar-refractivity contribution in [1.82, 2.24) is 4.90 Å². The van der Waals surface area contributed by atoms with Gasteiger partial charge in [0.25, 0.3) is 0 Å². The Morgan fingerprint density at radius 2 is 1.31 bits per heavy atom. The number of anilines is 1. The van der Waals surface area contributed by atoms with E-state index in [-0.39, 0.29) is 0 Å². The molecule has 0 N–H and O–H groups in total. The molecule has 2 aliphatic rings. The summed E-state index contributed by atoms with van der Waals surface area (Å²) in [6, 6.07) is 18.3. The van der Waals surface area contributed by atoms with Crippen LogP contribution < -0.4 is 4.90 Å². The lowest BCUT2D eigenvalue weighted by atomic mass is 9.86. The molecule has 0 bridgehead atoms. The number of aryl methyl sites for hydroxylation is 5. The Hall–Kier alpha value is -3.00. The van der Waals surface area contributed by atoms with Gasteiger partial charge in [-0.1, -0.05) is 35.9 Å². The van der Waals surface area contributed by atoms with E-state index in [1.807, 2.05) is 0 Å². The minimum atomic E-state index is 0.876. The van der Waals surface area contributed by atoms with Gasteiger partial charge in [0.1, 0.15) is 0 Å². The fraction of sp³-hybridized carbons (Fsp3) is 0.259. The fourth-order valence-corrected chi connectivity index (χ4v) is 4.96. The Morgan fingerprint density at radius 3 is 2.00 bits per heavy atom. The minimum absolute atomic E-state index is 0.876. The normalized spacial score (nSPS) is 14.8. The fourth-order valence-electron chi connectivity index (χ4n) is 4.96. The Bertz CT molecular complexity index is 1180. The van der Waals surface area contributed by atoms with Gasteiger partial charge in [-0.3, -0.25) is 0 Å². The summed E-state index contributed by atoms with van der Waals surface area (Å²) in [5, 5.41) is 0. The molecule has 5 rings (SSSR count). The third kappa shape index (κ3) is 2.55. The first-order valence-corrected chi connectivity index (χ1v) is 10.4. The summed E-state index contributed by atoms with van der Waals surface area (Å²) in [7, 11) is 2.22. The molecule has 0 saturated carbocycles. The van der Waals surface area contributed by atoms with E-state index in [1.54, 1.807) is 0 Å². The highest BCUT2D eigenvalue weighted by Gasteiger charge is 2.37. The second-order valence-electron chi connectivity index (χ2n) is 8.73. The van der Waals surface area contributed by atoms with E-state index in [4.69, 9.17) is 0 Å². The van der Waals surface area contributed by atoms with Crippen molar-refractivity contribution in [3.05, 3.63) is 87.5 Å². The van der Waals surface area contributed by atoms with E-state index < -0.39 is 0 Å². The second-order valence-corrected chi connectivity index (χ2v) is 8.73. The molecule has 0 radical (unpaired) electrons. The smallest absolute Gasteiger partial charge is 0.0950 e. The zero-order valence-electron chi connectivity index (χ0n) is 18.2. The molecule has 0 saturated heterocycles. The van der Waals surface area contributed by atoms with Gasteiger partial charge < -0.3 is 9.80 Å². The van der Waals surface area contributed by atoms with Crippen LogP contribution in [0.15, 0.2) is 48.5 Å². The lowest BCUT2D eigenvalue weighted by Crippen LogP contribution is -2.27. The SMILES string of the molecule is Cc1ccc2c(c1)-c1cc(C)c(C)cc1C1=C(c3c(C)cccc3C)N(C)CN12. The first-order chi connectivity index (χ1) is 13.9. The molecule has 2 heteroatoms. The topological polar surface area (TPSA) is 6.48 Å². The average Bonchev–Trinajstić information content (AvgIpc) is 3.00. The van der Waals surface area contributed by atoms with E-state index in [0.717, 1.165) is 6.67 Å². The summed E-state index contributed by atoms with van der Waals surface area (Å²) in [5.41, 5.74) is 16.1. The van der Waals surface area contributed by atoms with E-state index in [1.165, 1.54) is 67.2 Å². The van der Waals surface area contributed by atoms with Gasteiger partial charge in [0.05, 0.1) is 23.8 Å². The monoisotopic (exact) mass is 380 g/mol. The summed E-state index contributed by atoms with van der Waals surface area (Å²) in [4.78, 5) is 4.92. The van der Waals surface area contributed by atoms with Crippen molar-refractivity contribution in [2.24, 2.45) is 0 Å². The molecule has 0 spiro atoms. The van der Waals surface area contributed by atoms with Crippen LogP contribution in [0, 0.1) is 34.6 Å². The zero-order chi connectivity index (χ0) is 20.4. The van der Waals surface area contributed by atoms with Gasteiger partial charge in [-0.2, -0.15) is 0 Å². The van der Waals surface area contributed by atoms with Crippen LogP contribution in [0.3, 0.4) is 0 Å². The van der Waals surface area contributed by atoms with E-state index in [9.17, 15) is 0 Å². The second kappa shape index (κ2) is 6.25. The Labute approximate surface area is 174 Å². The van der Waals surface area contributed by atoms with Gasteiger partial charge in [-0.15, -0.1) is 0 Å². The van der Waals surface area contributed by atoms with Crippen molar-refractivity contribution >= 4 is 17.1 Å². The number of nitrogens with zero attached hydrogens (tertiary/aromatic N) is 2. The van der Waals surface area contributed by atoms with Gasteiger partial charge in [0.15, 0.2) is 0 Å². The molecule has 0 aromatic heterocycles. The maximum absolute atomic E-state index is 2.51. The van der Waals surface area contributed by atoms with E-state index in [2.05, 4.69) is 100.0 Å². The Balaban J connectivity index is 1.91. The third-order valence-electron chi connectivity index (χ3n) is 6.57. The van der Waals surface area contributed by atoms with Crippen LogP contribution in [0.4, 0.5) is 5.69 Å². The molecule has 146 valence electrons. The van der Waals surface area contributed by atoms with Gasteiger partial charge in [0.2, 0.25) is 0 Å². The number of rotatable bonds is 1. The molecule has 2 nitrogen and oxygen atoms in total. The van der Waals surface area contributed by atoms with Gasteiger partial charge in [-0.25, -0.2) is 0 Å². The van der Waals surface area contributed by atoms with Crippen LogP contribution in [-0.2, 0) is 0 Å². The summed E-state index contributed by atoms with van der Waals surface area (Å²) < 4.78 is 0. The molecule has 3 aromatic carbocycles. The lowest BCUT2D eigenvalue weighted by molar-refractivity contribution is 0.516. The number of fused-ring (bicyclic) bond motifs is 6. The van der Waals surface area contributed by atoms with Crippen LogP contribution in [0.25, 0.3) is 22.5 Å². The minimum Gasteiger partial charge on any atom is -0.354 e. The Morgan fingerprint density at radius 1 is 0.655 bits per heavy atom. The Kier molecular flexibility index (Phi) is 3.89. The first kappa shape index (κ1) is 18.1. The molecule has 0 unspecified atom stereocenters.